The highest BCUT2D eigenvalue weighted by atomic mass is 19.2. The van der Waals surface area contributed by atoms with Crippen LogP contribution in [0, 0.1) is 17.5 Å². The summed E-state index contributed by atoms with van der Waals surface area (Å²) in [6, 6.07) is 1.63. The van der Waals surface area contributed by atoms with E-state index in [4.69, 9.17) is 0 Å². The SMILES string of the molecule is CC(C)(C)c1nc(C(=O)Nc2ccc(F)c(F)c2F)n[nH]1. The first-order valence-electron chi connectivity index (χ1n) is 6.08. The number of nitrogens with zero attached hydrogens (tertiary/aromatic N) is 2. The van der Waals surface area contributed by atoms with Crippen LogP contribution in [0.2, 0.25) is 0 Å². The van der Waals surface area contributed by atoms with Crippen LogP contribution in [0.1, 0.15) is 37.2 Å². The minimum absolute atomic E-state index is 0.218. The lowest BCUT2D eigenvalue weighted by Crippen LogP contribution is -2.17. The highest BCUT2D eigenvalue weighted by Gasteiger charge is 2.22. The Morgan fingerprint density at radius 1 is 1.19 bits per heavy atom. The molecule has 0 aliphatic heterocycles. The molecular formula is C13H13F3N4O. The Morgan fingerprint density at radius 3 is 2.43 bits per heavy atom. The monoisotopic (exact) mass is 298 g/mol. The number of hydrogen-bond donors (Lipinski definition) is 2. The van der Waals surface area contributed by atoms with E-state index in [-0.39, 0.29) is 11.2 Å². The molecule has 2 N–H and O–H groups in total. The van der Waals surface area contributed by atoms with Gasteiger partial charge in [-0.15, -0.1) is 5.10 Å². The van der Waals surface area contributed by atoms with Gasteiger partial charge in [0.05, 0.1) is 5.69 Å². The standard InChI is InChI=1S/C13H13F3N4O/c1-13(2,3)12-18-10(19-20-12)11(21)17-7-5-4-6(14)8(15)9(7)16/h4-5H,1-3H3,(H,17,21)(H,18,19,20). The van der Waals surface area contributed by atoms with Gasteiger partial charge in [-0.1, -0.05) is 20.8 Å². The molecule has 2 aromatic rings. The van der Waals surface area contributed by atoms with Gasteiger partial charge in [-0.2, -0.15) is 0 Å². The molecule has 112 valence electrons. The van der Waals surface area contributed by atoms with Crippen molar-refractivity contribution in [3.8, 4) is 0 Å². The molecule has 0 atom stereocenters. The van der Waals surface area contributed by atoms with Crippen LogP contribution in [0.3, 0.4) is 0 Å². The van der Waals surface area contributed by atoms with E-state index < -0.39 is 29.0 Å². The first-order chi connectivity index (χ1) is 9.70. The van der Waals surface area contributed by atoms with Crippen molar-refractivity contribution >= 4 is 11.6 Å². The number of halogens is 3. The van der Waals surface area contributed by atoms with Crippen molar-refractivity contribution < 1.29 is 18.0 Å². The Bertz CT molecular complexity index is 691. The summed E-state index contributed by atoms with van der Waals surface area (Å²) in [6.07, 6.45) is 0. The third-order valence-corrected chi connectivity index (χ3v) is 2.68. The Hall–Kier alpha value is -2.38. The van der Waals surface area contributed by atoms with Crippen molar-refractivity contribution in [1.82, 2.24) is 15.2 Å². The van der Waals surface area contributed by atoms with Crippen LogP contribution < -0.4 is 5.32 Å². The van der Waals surface area contributed by atoms with Gasteiger partial charge < -0.3 is 5.32 Å². The van der Waals surface area contributed by atoms with Crippen molar-refractivity contribution in [2.45, 2.75) is 26.2 Å². The fraction of sp³-hybridized carbons (Fsp3) is 0.308. The smallest absolute Gasteiger partial charge is 0.295 e. The minimum Gasteiger partial charge on any atom is -0.317 e. The summed E-state index contributed by atoms with van der Waals surface area (Å²) >= 11 is 0. The minimum atomic E-state index is -1.65. The molecule has 5 nitrogen and oxygen atoms in total. The second kappa shape index (κ2) is 5.19. The molecule has 0 unspecified atom stereocenters. The van der Waals surface area contributed by atoms with E-state index in [9.17, 15) is 18.0 Å². The summed E-state index contributed by atoms with van der Waals surface area (Å²) in [7, 11) is 0. The second-order valence-electron chi connectivity index (χ2n) is 5.43. The van der Waals surface area contributed by atoms with Crippen LogP contribution >= 0.6 is 0 Å². The largest absolute Gasteiger partial charge is 0.317 e. The summed E-state index contributed by atoms with van der Waals surface area (Å²) in [4.78, 5) is 15.8. The number of amides is 1. The average molecular weight is 298 g/mol. The third kappa shape index (κ3) is 3.04. The van der Waals surface area contributed by atoms with Gasteiger partial charge in [-0.05, 0) is 12.1 Å². The van der Waals surface area contributed by atoms with E-state index in [1.54, 1.807) is 0 Å². The zero-order valence-electron chi connectivity index (χ0n) is 11.6. The summed E-state index contributed by atoms with van der Waals surface area (Å²) in [6.45, 7) is 5.60. The van der Waals surface area contributed by atoms with Crippen LogP contribution in [0.15, 0.2) is 12.1 Å². The zero-order valence-corrected chi connectivity index (χ0v) is 11.6. The molecule has 1 amide bonds. The van der Waals surface area contributed by atoms with Crippen molar-refractivity contribution in [1.29, 1.82) is 0 Å². The van der Waals surface area contributed by atoms with Gasteiger partial charge in [0, 0.05) is 5.41 Å². The molecule has 0 bridgehead atoms. The average Bonchev–Trinajstić information content (AvgIpc) is 2.89. The summed E-state index contributed by atoms with van der Waals surface area (Å²) in [5.41, 5.74) is -0.834. The van der Waals surface area contributed by atoms with Gasteiger partial charge in [0.2, 0.25) is 5.82 Å². The van der Waals surface area contributed by atoms with E-state index in [0.29, 0.717) is 11.9 Å². The van der Waals surface area contributed by atoms with Gasteiger partial charge in [0.25, 0.3) is 5.91 Å². The predicted molar refractivity (Wildman–Crippen MR) is 69.4 cm³/mol. The van der Waals surface area contributed by atoms with Crippen LogP contribution in [-0.2, 0) is 5.41 Å². The van der Waals surface area contributed by atoms with E-state index in [0.717, 1.165) is 6.07 Å². The fourth-order valence-corrected chi connectivity index (χ4v) is 1.50. The molecule has 0 radical (unpaired) electrons. The number of hydrogen-bond acceptors (Lipinski definition) is 3. The Morgan fingerprint density at radius 2 is 1.86 bits per heavy atom. The summed E-state index contributed by atoms with van der Waals surface area (Å²) < 4.78 is 39.3. The van der Waals surface area contributed by atoms with Gasteiger partial charge in [0.15, 0.2) is 17.5 Å². The highest BCUT2D eigenvalue weighted by molar-refractivity contribution is 6.01. The number of aromatic nitrogens is 3. The number of carbonyl (C=O) groups excluding carboxylic acids is 1. The van der Waals surface area contributed by atoms with Crippen LogP contribution in [0.25, 0.3) is 0 Å². The Balaban J connectivity index is 2.23. The van der Waals surface area contributed by atoms with Gasteiger partial charge in [0.1, 0.15) is 5.82 Å². The molecule has 2 rings (SSSR count). The van der Waals surface area contributed by atoms with E-state index in [1.807, 2.05) is 20.8 Å². The van der Waals surface area contributed by atoms with Crippen molar-refractivity contribution in [3.63, 3.8) is 0 Å². The van der Waals surface area contributed by atoms with E-state index >= 15 is 0 Å². The summed E-state index contributed by atoms with van der Waals surface area (Å²) in [5, 5.41) is 8.40. The maximum atomic E-state index is 13.5. The number of carbonyl (C=O) groups is 1. The zero-order chi connectivity index (χ0) is 15.8. The van der Waals surface area contributed by atoms with Gasteiger partial charge >= 0.3 is 0 Å². The lowest BCUT2D eigenvalue weighted by atomic mass is 9.96. The normalized spacial score (nSPS) is 11.5. The molecule has 0 aliphatic rings. The molecule has 21 heavy (non-hydrogen) atoms. The maximum absolute atomic E-state index is 13.5. The quantitative estimate of drug-likeness (QED) is 0.837. The fourth-order valence-electron chi connectivity index (χ4n) is 1.50. The molecule has 0 saturated heterocycles. The van der Waals surface area contributed by atoms with E-state index in [1.165, 1.54) is 0 Å². The van der Waals surface area contributed by atoms with Crippen LogP contribution in [-0.4, -0.2) is 21.1 Å². The molecule has 0 fully saturated rings. The number of rotatable bonds is 2. The van der Waals surface area contributed by atoms with Crippen molar-refractivity contribution in [2.24, 2.45) is 0 Å². The van der Waals surface area contributed by atoms with Gasteiger partial charge in [-0.3, -0.25) is 9.89 Å². The predicted octanol–water partition coefficient (Wildman–Crippen LogP) is 2.77. The molecule has 0 saturated carbocycles. The maximum Gasteiger partial charge on any atom is 0.295 e. The molecule has 1 aromatic heterocycles. The van der Waals surface area contributed by atoms with Crippen molar-refractivity contribution in [2.75, 3.05) is 5.32 Å². The number of aromatic amines is 1. The summed E-state index contributed by atoms with van der Waals surface area (Å²) in [5.74, 6) is -5.04. The highest BCUT2D eigenvalue weighted by Crippen LogP contribution is 2.21. The van der Waals surface area contributed by atoms with E-state index in [2.05, 4.69) is 20.5 Å². The number of anilines is 1. The second-order valence-corrected chi connectivity index (χ2v) is 5.43. The number of H-pyrrole nitrogens is 1. The first-order valence-corrected chi connectivity index (χ1v) is 6.08. The topological polar surface area (TPSA) is 70.7 Å². The lowest BCUT2D eigenvalue weighted by Gasteiger charge is -2.12. The number of nitrogens with one attached hydrogen (secondary N) is 2. The van der Waals surface area contributed by atoms with Crippen LogP contribution in [0.4, 0.5) is 18.9 Å². The van der Waals surface area contributed by atoms with Crippen LogP contribution in [0.5, 0.6) is 0 Å². The molecular weight excluding hydrogens is 285 g/mol. The number of benzene rings is 1. The molecule has 8 heteroatoms. The Kier molecular flexibility index (Phi) is 3.71. The lowest BCUT2D eigenvalue weighted by molar-refractivity contribution is 0.101. The first kappa shape index (κ1) is 15.0. The Labute approximate surface area is 118 Å². The molecule has 1 aromatic carbocycles. The molecule has 1 heterocycles. The molecule has 0 aliphatic carbocycles. The molecule has 0 spiro atoms. The third-order valence-electron chi connectivity index (χ3n) is 2.68. The van der Waals surface area contributed by atoms with Gasteiger partial charge in [-0.25, -0.2) is 18.2 Å². The van der Waals surface area contributed by atoms with Crippen molar-refractivity contribution in [3.05, 3.63) is 41.2 Å².